The van der Waals surface area contributed by atoms with Gasteiger partial charge in [0.05, 0.1) is 0 Å². The van der Waals surface area contributed by atoms with Gasteiger partial charge in [-0.2, -0.15) is 0 Å². The van der Waals surface area contributed by atoms with Crippen LogP contribution < -0.4 is 11.5 Å². The minimum atomic E-state index is 0.706. The van der Waals surface area contributed by atoms with Crippen molar-refractivity contribution >= 4 is 5.71 Å². The molecule has 3 heteroatoms. The van der Waals surface area contributed by atoms with Crippen molar-refractivity contribution in [3.63, 3.8) is 0 Å². The molecule has 0 unspecified atom stereocenters. The van der Waals surface area contributed by atoms with Crippen molar-refractivity contribution in [2.75, 3.05) is 13.6 Å². The van der Waals surface area contributed by atoms with E-state index in [9.17, 15) is 0 Å². The summed E-state index contributed by atoms with van der Waals surface area (Å²) >= 11 is 0. The fraction of sp³-hybridized carbons (Fsp3) is 0.571. The fourth-order valence-electron chi connectivity index (χ4n) is 0.664. The van der Waals surface area contributed by atoms with Gasteiger partial charge in [-0.25, -0.2) is 0 Å². The highest BCUT2D eigenvalue weighted by Crippen LogP contribution is 1.91. The van der Waals surface area contributed by atoms with Crippen LogP contribution in [-0.4, -0.2) is 19.3 Å². The molecule has 0 aliphatic carbocycles. The van der Waals surface area contributed by atoms with Gasteiger partial charge in [-0.05, 0) is 31.7 Å². The summed E-state index contributed by atoms with van der Waals surface area (Å²) in [6.07, 6.45) is 5.19. The summed E-state index contributed by atoms with van der Waals surface area (Å²) in [6.45, 7) is 0.706. The zero-order valence-electron chi connectivity index (χ0n) is 6.38. The molecule has 0 bridgehead atoms. The van der Waals surface area contributed by atoms with Crippen molar-refractivity contribution in [2.24, 2.45) is 16.5 Å². The summed E-state index contributed by atoms with van der Waals surface area (Å²) in [4.78, 5) is 4.01. The Labute approximate surface area is 61.8 Å². The summed E-state index contributed by atoms with van der Waals surface area (Å²) in [7, 11) is 1.76. The number of nitrogens with zero attached hydrogens (tertiary/aromatic N) is 1. The first kappa shape index (κ1) is 9.17. The highest BCUT2D eigenvalue weighted by molar-refractivity contribution is 5.94. The predicted molar refractivity (Wildman–Crippen MR) is 45.0 cm³/mol. The van der Waals surface area contributed by atoms with Crippen molar-refractivity contribution in [2.45, 2.75) is 12.8 Å². The van der Waals surface area contributed by atoms with E-state index in [1.807, 2.05) is 0 Å². The smallest absolute Gasteiger partial charge is 0.0359 e. The SMILES string of the molecule is CN=C(C=CN)CCCN. The maximum Gasteiger partial charge on any atom is 0.0359 e. The van der Waals surface area contributed by atoms with E-state index in [1.54, 1.807) is 13.1 Å². The molecule has 0 amide bonds. The van der Waals surface area contributed by atoms with Gasteiger partial charge in [0.2, 0.25) is 0 Å². The van der Waals surface area contributed by atoms with Gasteiger partial charge >= 0.3 is 0 Å². The highest BCUT2D eigenvalue weighted by Gasteiger charge is 1.90. The van der Waals surface area contributed by atoms with Crippen LogP contribution in [0, 0.1) is 0 Å². The molecule has 0 fully saturated rings. The van der Waals surface area contributed by atoms with Gasteiger partial charge in [0, 0.05) is 12.8 Å². The van der Waals surface area contributed by atoms with E-state index in [-0.39, 0.29) is 0 Å². The molecule has 0 aromatic carbocycles. The Hall–Kier alpha value is -0.830. The van der Waals surface area contributed by atoms with Crippen LogP contribution in [-0.2, 0) is 0 Å². The van der Waals surface area contributed by atoms with Crippen molar-refractivity contribution in [1.82, 2.24) is 0 Å². The van der Waals surface area contributed by atoms with Crippen LogP contribution in [0.1, 0.15) is 12.8 Å². The van der Waals surface area contributed by atoms with Crippen molar-refractivity contribution in [3.05, 3.63) is 12.3 Å². The lowest BCUT2D eigenvalue weighted by Crippen LogP contribution is -2.03. The molecule has 0 saturated heterocycles. The number of nitrogens with two attached hydrogens (primary N) is 2. The Bertz CT molecular complexity index is 127. The van der Waals surface area contributed by atoms with Crippen LogP contribution in [0.5, 0.6) is 0 Å². The predicted octanol–water partition coefficient (Wildman–Crippen LogP) is 0.269. The second-order valence-corrected chi connectivity index (χ2v) is 1.97. The van der Waals surface area contributed by atoms with E-state index in [0.717, 1.165) is 18.6 Å². The van der Waals surface area contributed by atoms with E-state index in [4.69, 9.17) is 11.5 Å². The number of hydrogen-bond donors (Lipinski definition) is 2. The summed E-state index contributed by atoms with van der Waals surface area (Å²) in [5.74, 6) is 0. The van der Waals surface area contributed by atoms with E-state index in [2.05, 4.69) is 4.99 Å². The average Bonchev–Trinajstić information content (AvgIpc) is 1.98. The van der Waals surface area contributed by atoms with E-state index >= 15 is 0 Å². The third-order valence-corrected chi connectivity index (χ3v) is 1.21. The van der Waals surface area contributed by atoms with Gasteiger partial charge in [0.25, 0.3) is 0 Å². The molecular formula is C7H15N3. The quantitative estimate of drug-likeness (QED) is 0.552. The van der Waals surface area contributed by atoms with Crippen LogP contribution in [0.3, 0.4) is 0 Å². The highest BCUT2D eigenvalue weighted by atomic mass is 14.7. The summed E-state index contributed by atoms with van der Waals surface area (Å²) in [5.41, 5.74) is 11.5. The van der Waals surface area contributed by atoms with Crippen molar-refractivity contribution in [1.29, 1.82) is 0 Å². The van der Waals surface area contributed by atoms with Crippen LogP contribution in [0.15, 0.2) is 17.3 Å². The second kappa shape index (κ2) is 6.29. The molecular weight excluding hydrogens is 126 g/mol. The Balaban J connectivity index is 3.62. The van der Waals surface area contributed by atoms with Crippen LogP contribution in [0.4, 0.5) is 0 Å². The number of rotatable bonds is 4. The minimum absolute atomic E-state index is 0.706. The Morgan fingerprint density at radius 3 is 2.70 bits per heavy atom. The van der Waals surface area contributed by atoms with E-state index in [0.29, 0.717) is 6.54 Å². The summed E-state index contributed by atoms with van der Waals surface area (Å²) in [5, 5.41) is 0. The van der Waals surface area contributed by atoms with Crippen LogP contribution in [0.2, 0.25) is 0 Å². The van der Waals surface area contributed by atoms with Gasteiger partial charge < -0.3 is 11.5 Å². The lowest BCUT2D eigenvalue weighted by atomic mass is 10.2. The number of allylic oxidation sites excluding steroid dienone is 1. The molecule has 0 saturated carbocycles. The zero-order chi connectivity index (χ0) is 7.82. The first-order chi connectivity index (χ1) is 4.85. The second-order valence-electron chi connectivity index (χ2n) is 1.97. The van der Waals surface area contributed by atoms with E-state index in [1.165, 1.54) is 6.20 Å². The molecule has 0 spiro atoms. The Morgan fingerprint density at radius 1 is 1.60 bits per heavy atom. The third-order valence-electron chi connectivity index (χ3n) is 1.21. The normalized spacial score (nSPS) is 12.8. The Kier molecular flexibility index (Phi) is 5.77. The Morgan fingerprint density at radius 2 is 2.30 bits per heavy atom. The van der Waals surface area contributed by atoms with Crippen LogP contribution >= 0.6 is 0 Å². The average molecular weight is 141 g/mol. The number of hydrogen-bond acceptors (Lipinski definition) is 3. The van der Waals surface area contributed by atoms with Gasteiger partial charge in [-0.1, -0.05) is 0 Å². The van der Waals surface area contributed by atoms with E-state index < -0.39 is 0 Å². The molecule has 0 aromatic heterocycles. The topological polar surface area (TPSA) is 64.4 Å². The molecule has 4 N–H and O–H groups in total. The summed E-state index contributed by atoms with van der Waals surface area (Å²) < 4.78 is 0. The van der Waals surface area contributed by atoms with Gasteiger partial charge in [0.15, 0.2) is 0 Å². The maximum atomic E-state index is 5.32. The first-order valence-corrected chi connectivity index (χ1v) is 3.39. The molecule has 3 nitrogen and oxygen atoms in total. The monoisotopic (exact) mass is 141 g/mol. The minimum Gasteiger partial charge on any atom is -0.405 e. The lowest BCUT2D eigenvalue weighted by Gasteiger charge is -1.96. The van der Waals surface area contributed by atoms with Crippen LogP contribution in [0.25, 0.3) is 0 Å². The first-order valence-electron chi connectivity index (χ1n) is 3.39. The molecule has 10 heavy (non-hydrogen) atoms. The summed E-state index contributed by atoms with van der Waals surface area (Å²) in [6, 6.07) is 0. The third kappa shape index (κ3) is 4.09. The molecule has 58 valence electrons. The molecule has 0 heterocycles. The molecule has 0 aromatic rings. The standard InChI is InChI=1S/C7H15N3/c1-10-7(4-6-9)3-2-5-8/h4,6H,2-3,5,8-9H2,1H3. The molecule has 0 atom stereocenters. The molecule has 0 rings (SSSR count). The molecule has 0 radical (unpaired) electrons. The van der Waals surface area contributed by atoms with Gasteiger partial charge in [0.1, 0.15) is 0 Å². The fourth-order valence-corrected chi connectivity index (χ4v) is 0.664. The molecule has 0 aliphatic rings. The zero-order valence-corrected chi connectivity index (χ0v) is 6.38. The number of aliphatic imine (C=N–C) groups is 1. The van der Waals surface area contributed by atoms with Gasteiger partial charge in [-0.15, -0.1) is 0 Å². The largest absolute Gasteiger partial charge is 0.405 e. The van der Waals surface area contributed by atoms with Gasteiger partial charge in [-0.3, -0.25) is 4.99 Å². The maximum absolute atomic E-state index is 5.32. The van der Waals surface area contributed by atoms with Crippen molar-refractivity contribution in [3.8, 4) is 0 Å². The lowest BCUT2D eigenvalue weighted by molar-refractivity contribution is 0.877. The molecule has 0 aliphatic heterocycles. The van der Waals surface area contributed by atoms with Crippen molar-refractivity contribution < 1.29 is 0 Å².